The molecule has 9 aromatic rings. The molecule has 0 aliphatic carbocycles. The minimum Gasteiger partial charge on any atom is -0.455 e. The van der Waals surface area contributed by atoms with Gasteiger partial charge in [-0.15, -0.1) is 0 Å². The molecule has 0 fully saturated rings. The van der Waals surface area contributed by atoms with E-state index in [2.05, 4.69) is 77.2 Å². The van der Waals surface area contributed by atoms with Gasteiger partial charge in [-0.3, -0.25) is 0 Å². The Morgan fingerprint density at radius 2 is 1.05 bits per heavy atom. The fraction of sp³-hybridized carbons (Fsp3) is 0. The monoisotopic (exact) mass is 537 g/mol. The van der Waals surface area contributed by atoms with Crippen molar-refractivity contribution in [2.24, 2.45) is 0 Å². The Kier molecular flexibility index (Phi) is 4.87. The topological polar surface area (TPSA) is 43.3 Å². The van der Waals surface area contributed by atoms with Crippen LogP contribution in [0.4, 0.5) is 0 Å². The van der Waals surface area contributed by atoms with E-state index in [1.165, 1.54) is 10.9 Å². The van der Waals surface area contributed by atoms with Gasteiger partial charge in [0.2, 0.25) is 0 Å². The summed E-state index contributed by atoms with van der Waals surface area (Å²) in [4.78, 5) is 10.3. The van der Waals surface area contributed by atoms with E-state index >= 15 is 0 Å². The molecule has 6 aromatic carbocycles. The van der Waals surface area contributed by atoms with Crippen LogP contribution < -0.4 is 0 Å². The van der Waals surface area contributed by atoms with Crippen molar-refractivity contribution in [2.75, 3.05) is 0 Å². The molecule has 0 saturated carbocycles. The summed E-state index contributed by atoms with van der Waals surface area (Å²) < 4.78 is 8.89. The summed E-state index contributed by atoms with van der Waals surface area (Å²) in [5, 5.41) is 4.57. The normalized spacial score (nSPS) is 11.8. The zero-order chi connectivity index (χ0) is 27.6. The van der Waals surface area contributed by atoms with Crippen molar-refractivity contribution in [1.82, 2.24) is 14.4 Å². The molecule has 4 heteroatoms. The van der Waals surface area contributed by atoms with Crippen molar-refractivity contribution >= 4 is 60.3 Å². The van der Waals surface area contributed by atoms with E-state index in [0.29, 0.717) is 0 Å². The molecule has 3 heterocycles. The first-order chi connectivity index (χ1) is 20.8. The van der Waals surface area contributed by atoms with Crippen molar-refractivity contribution in [3.63, 3.8) is 0 Å². The fourth-order valence-electron chi connectivity index (χ4n) is 6.31. The summed E-state index contributed by atoms with van der Waals surface area (Å²) in [5.41, 5.74) is 10.6. The number of hydrogen-bond acceptors (Lipinski definition) is 3. The standard InChI is InChI=1S/C38H23N3O/c1-2-11-24(12-3-1)36-37(40-31-17-6-5-16-30(31)39-36)25-21-22-32-29(23-25)28-15-10-14-27-26-13-4-8-19-34(26)42-35-20-9-7-18-33(35)41(32)38(27)28/h1-23H. The van der Waals surface area contributed by atoms with Crippen molar-refractivity contribution in [3.8, 4) is 22.5 Å². The average Bonchev–Trinajstić information content (AvgIpc) is 3.38. The molecule has 42 heavy (non-hydrogen) atoms. The highest BCUT2D eigenvalue weighted by Gasteiger charge is 2.18. The van der Waals surface area contributed by atoms with Crippen LogP contribution in [0.2, 0.25) is 0 Å². The highest BCUT2D eigenvalue weighted by atomic mass is 16.3. The molecule has 9 rings (SSSR count). The van der Waals surface area contributed by atoms with Gasteiger partial charge in [0.1, 0.15) is 5.58 Å². The second kappa shape index (κ2) is 8.88. The number of aromatic nitrogens is 3. The second-order valence-electron chi connectivity index (χ2n) is 10.6. The molecule has 0 radical (unpaired) electrons. The maximum absolute atomic E-state index is 6.55. The highest BCUT2D eigenvalue weighted by molar-refractivity contribution is 6.20. The lowest BCUT2D eigenvalue weighted by molar-refractivity contribution is 0.661. The van der Waals surface area contributed by atoms with E-state index in [4.69, 9.17) is 14.4 Å². The van der Waals surface area contributed by atoms with E-state index < -0.39 is 0 Å². The van der Waals surface area contributed by atoms with Crippen LogP contribution >= 0.6 is 0 Å². The van der Waals surface area contributed by atoms with Crippen molar-refractivity contribution in [1.29, 1.82) is 0 Å². The maximum Gasteiger partial charge on any atom is 0.151 e. The zero-order valence-corrected chi connectivity index (χ0v) is 22.5. The summed E-state index contributed by atoms with van der Waals surface area (Å²) in [5.74, 6) is 0. The molecule has 0 N–H and O–H groups in total. The number of hydrogen-bond donors (Lipinski definition) is 0. The Balaban J connectivity index is 1.44. The molecule has 0 bridgehead atoms. The molecule has 0 saturated heterocycles. The van der Waals surface area contributed by atoms with Gasteiger partial charge in [0, 0.05) is 32.7 Å². The molecule has 196 valence electrons. The van der Waals surface area contributed by atoms with Crippen LogP contribution in [0.1, 0.15) is 0 Å². The molecular formula is C38H23N3O. The van der Waals surface area contributed by atoms with Gasteiger partial charge in [-0.05, 0) is 42.5 Å². The summed E-state index contributed by atoms with van der Waals surface area (Å²) in [6.45, 7) is 0. The second-order valence-corrected chi connectivity index (χ2v) is 10.6. The van der Waals surface area contributed by atoms with E-state index in [-0.39, 0.29) is 0 Å². The van der Waals surface area contributed by atoms with Gasteiger partial charge in [0.05, 0.1) is 39.0 Å². The predicted molar refractivity (Wildman–Crippen MR) is 172 cm³/mol. The van der Waals surface area contributed by atoms with E-state index in [9.17, 15) is 0 Å². The number of fused-ring (bicyclic) bond motifs is 8. The lowest BCUT2D eigenvalue weighted by Crippen LogP contribution is -1.95. The number of rotatable bonds is 2. The van der Waals surface area contributed by atoms with Crippen LogP contribution in [0.25, 0.3) is 82.8 Å². The van der Waals surface area contributed by atoms with Crippen LogP contribution in [0.5, 0.6) is 0 Å². The fourth-order valence-corrected chi connectivity index (χ4v) is 6.31. The SMILES string of the molecule is c1ccc(-c2nc3ccccc3nc2-c2ccc3c(c2)c2cccc4c5ccccc5oc5ccccc5n3c42)cc1. The van der Waals surface area contributed by atoms with Gasteiger partial charge < -0.3 is 8.82 Å². The van der Waals surface area contributed by atoms with E-state index in [1.54, 1.807) is 0 Å². The van der Waals surface area contributed by atoms with Crippen LogP contribution in [-0.4, -0.2) is 14.4 Å². The van der Waals surface area contributed by atoms with Crippen molar-refractivity contribution < 1.29 is 4.42 Å². The Hall–Kier alpha value is -5.74. The number of nitrogens with zero attached hydrogens (tertiary/aromatic N) is 3. The Labute approximate surface area is 240 Å². The Bertz CT molecular complexity index is 2520. The lowest BCUT2D eigenvalue weighted by Gasteiger charge is -2.11. The molecule has 0 aliphatic rings. The Morgan fingerprint density at radius 1 is 0.429 bits per heavy atom. The smallest absolute Gasteiger partial charge is 0.151 e. The molecule has 0 amide bonds. The molecule has 0 atom stereocenters. The third kappa shape index (κ3) is 3.36. The van der Waals surface area contributed by atoms with Crippen LogP contribution in [0.3, 0.4) is 0 Å². The first-order valence-electron chi connectivity index (χ1n) is 14.1. The highest BCUT2D eigenvalue weighted by Crippen LogP contribution is 2.39. The molecule has 0 aliphatic heterocycles. The van der Waals surface area contributed by atoms with E-state index in [0.717, 1.165) is 71.9 Å². The third-order valence-electron chi connectivity index (χ3n) is 8.18. The molecule has 3 aromatic heterocycles. The van der Waals surface area contributed by atoms with Crippen LogP contribution in [-0.2, 0) is 0 Å². The van der Waals surface area contributed by atoms with Gasteiger partial charge in [-0.1, -0.05) is 97.1 Å². The first-order valence-corrected chi connectivity index (χ1v) is 14.1. The predicted octanol–water partition coefficient (Wildman–Crippen LogP) is 9.98. The molecule has 0 spiro atoms. The maximum atomic E-state index is 6.55. The molecule has 0 unspecified atom stereocenters. The average molecular weight is 538 g/mol. The quantitative estimate of drug-likeness (QED) is 0.220. The van der Waals surface area contributed by atoms with Crippen LogP contribution in [0, 0.1) is 0 Å². The largest absolute Gasteiger partial charge is 0.455 e. The van der Waals surface area contributed by atoms with Crippen molar-refractivity contribution in [3.05, 3.63) is 140 Å². The van der Waals surface area contributed by atoms with E-state index in [1.807, 2.05) is 66.7 Å². The summed E-state index contributed by atoms with van der Waals surface area (Å²) in [6, 6.07) is 48.2. The van der Waals surface area contributed by atoms with Gasteiger partial charge in [0.25, 0.3) is 0 Å². The van der Waals surface area contributed by atoms with Gasteiger partial charge in [-0.2, -0.15) is 0 Å². The van der Waals surface area contributed by atoms with Gasteiger partial charge >= 0.3 is 0 Å². The number of para-hydroxylation sites is 6. The zero-order valence-electron chi connectivity index (χ0n) is 22.5. The van der Waals surface area contributed by atoms with Gasteiger partial charge in [-0.25, -0.2) is 9.97 Å². The molecule has 4 nitrogen and oxygen atoms in total. The van der Waals surface area contributed by atoms with Crippen LogP contribution in [0.15, 0.2) is 144 Å². The third-order valence-corrected chi connectivity index (χ3v) is 8.18. The minimum absolute atomic E-state index is 0.828. The first kappa shape index (κ1) is 23.0. The Morgan fingerprint density at radius 3 is 1.86 bits per heavy atom. The summed E-state index contributed by atoms with van der Waals surface area (Å²) in [6.07, 6.45) is 0. The van der Waals surface area contributed by atoms with Gasteiger partial charge in [0.15, 0.2) is 5.58 Å². The summed E-state index contributed by atoms with van der Waals surface area (Å²) >= 11 is 0. The number of benzene rings is 6. The summed E-state index contributed by atoms with van der Waals surface area (Å²) in [7, 11) is 0. The minimum atomic E-state index is 0.828. The van der Waals surface area contributed by atoms with Crippen molar-refractivity contribution in [2.45, 2.75) is 0 Å². The lowest BCUT2D eigenvalue weighted by atomic mass is 10.0. The molecular weight excluding hydrogens is 514 g/mol.